The highest BCUT2D eigenvalue weighted by atomic mass is 16.8. The van der Waals surface area contributed by atoms with Gasteiger partial charge in [-0.15, -0.1) is 0 Å². The molecule has 7 heterocycles. The molecule has 7 aliphatic rings. The number of aliphatic hydroxyl groups excluding tert-OH is 21. The highest BCUT2D eigenvalue weighted by molar-refractivity contribution is 5.73. The SMILES string of the molecule is CC(=O)N[C@@H]1[C@@H](O)[C@H](O[C@@H]2O[C@H](CO)[C@@H](O[C@@H]3O[C@H](CO[C@H]4O[C@H](CO[C@H]5O[C@H](CO)[C@@H](O)[C@H](O)[C@@H]5O)[C@@H](O)[C@H](O[C@H]5O[C@H](CO[C@H]6O[C@H](CO)[C@@H](O)[C@H](O)[C@@H]6O)[C@@H](O)[C@H](O)[C@@H]5O)[C@@H]4O)[C@@H](O)[C@H](O)[C@@H]3O)[C@H](O)[C@H]2NC(C)=O)[C@@H](CO)O[C@H]1O. The van der Waals surface area contributed by atoms with Crippen molar-refractivity contribution in [3.8, 4) is 0 Å². The molecule has 38 nitrogen and oxygen atoms in total. The molecule has 0 radical (unpaired) electrons. The largest absolute Gasteiger partial charge is 0.394 e. The van der Waals surface area contributed by atoms with Crippen molar-refractivity contribution >= 4 is 11.8 Å². The number of nitrogens with one attached hydrogen (secondary N) is 2. The first kappa shape index (κ1) is 69.1. The first-order valence-corrected chi connectivity index (χ1v) is 26.6. The number of carbonyl (C=O) groups excluding carboxylic acids is 2. The normalized spacial score (nSPS) is 50.3. The molecular weight excluding hydrogens is 1160 g/mol. The smallest absolute Gasteiger partial charge is 0.217 e. The average molecular weight is 1240 g/mol. The van der Waals surface area contributed by atoms with E-state index in [1.807, 2.05) is 0 Å². The molecule has 488 valence electrons. The van der Waals surface area contributed by atoms with E-state index in [2.05, 4.69) is 10.6 Å². The third-order valence-electron chi connectivity index (χ3n) is 15.3. The second kappa shape index (κ2) is 29.9. The molecular formula is C46H78N2O36. The second-order valence-electron chi connectivity index (χ2n) is 21.2. The van der Waals surface area contributed by atoms with Crippen molar-refractivity contribution < 1.29 is 178 Å². The molecule has 7 fully saturated rings. The zero-order chi connectivity index (χ0) is 61.9. The Labute approximate surface area is 475 Å². The Hall–Kier alpha value is -2.42. The lowest BCUT2D eigenvalue weighted by molar-refractivity contribution is -0.378. The number of hydrogen-bond donors (Lipinski definition) is 23. The Kier molecular flexibility index (Phi) is 24.6. The summed E-state index contributed by atoms with van der Waals surface area (Å²) < 4.78 is 73.6. The van der Waals surface area contributed by atoms with Crippen LogP contribution >= 0.6 is 0 Å². The number of hydrogen-bond acceptors (Lipinski definition) is 36. The summed E-state index contributed by atoms with van der Waals surface area (Å²) in [7, 11) is 0. The van der Waals surface area contributed by atoms with E-state index in [0.29, 0.717) is 0 Å². The molecule has 23 N–H and O–H groups in total. The number of ether oxygens (including phenoxy) is 13. The van der Waals surface area contributed by atoms with Crippen LogP contribution in [-0.2, 0) is 71.2 Å². The van der Waals surface area contributed by atoms with Gasteiger partial charge in [0.25, 0.3) is 0 Å². The highest BCUT2D eigenvalue weighted by Crippen LogP contribution is 2.36. The Balaban J connectivity index is 1.08. The summed E-state index contributed by atoms with van der Waals surface area (Å²) in [6, 6.07) is -3.26. The Morgan fingerprint density at radius 1 is 0.310 bits per heavy atom. The van der Waals surface area contributed by atoms with Crippen molar-refractivity contribution in [3.05, 3.63) is 0 Å². The molecule has 0 bridgehead atoms. The minimum atomic E-state index is -2.26. The van der Waals surface area contributed by atoms with Gasteiger partial charge in [-0.3, -0.25) is 9.59 Å². The molecule has 0 aromatic carbocycles. The molecule has 0 aromatic heterocycles. The maximum absolute atomic E-state index is 12.5. The minimum absolute atomic E-state index is 0.718. The van der Waals surface area contributed by atoms with Gasteiger partial charge in [-0.1, -0.05) is 0 Å². The molecule has 35 atom stereocenters. The van der Waals surface area contributed by atoms with Gasteiger partial charge in [-0.25, -0.2) is 0 Å². The highest BCUT2D eigenvalue weighted by Gasteiger charge is 2.57. The van der Waals surface area contributed by atoms with Crippen LogP contribution in [-0.4, -0.2) is 380 Å². The Bertz CT molecular complexity index is 2060. The van der Waals surface area contributed by atoms with Crippen molar-refractivity contribution in [2.24, 2.45) is 0 Å². The van der Waals surface area contributed by atoms with Crippen molar-refractivity contribution in [1.29, 1.82) is 0 Å². The van der Waals surface area contributed by atoms with Crippen molar-refractivity contribution in [2.75, 3.05) is 46.2 Å². The fourth-order valence-electron chi connectivity index (χ4n) is 10.5. The molecule has 0 aliphatic carbocycles. The summed E-state index contributed by atoms with van der Waals surface area (Å²) in [5, 5.41) is 230. The summed E-state index contributed by atoms with van der Waals surface area (Å²) in [4.78, 5) is 24.4. The molecule has 2 amide bonds. The van der Waals surface area contributed by atoms with E-state index in [-0.39, 0.29) is 0 Å². The molecule has 84 heavy (non-hydrogen) atoms. The van der Waals surface area contributed by atoms with Crippen molar-refractivity contribution in [2.45, 2.75) is 229 Å². The van der Waals surface area contributed by atoms with E-state index in [4.69, 9.17) is 61.6 Å². The molecule has 7 aliphatic heterocycles. The first-order valence-electron chi connectivity index (χ1n) is 26.6. The van der Waals surface area contributed by atoms with Gasteiger partial charge < -0.3 is 179 Å². The van der Waals surface area contributed by atoms with Crippen LogP contribution in [0.15, 0.2) is 0 Å². The Morgan fingerprint density at radius 3 is 1.02 bits per heavy atom. The van der Waals surface area contributed by atoms with Crippen LogP contribution in [0, 0.1) is 0 Å². The van der Waals surface area contributed by atoms with E-state index in [9.17, 15) is 117 Å². The lowest BCUT2D eigenvalue weighted by atomic mass is 9.94. The predicted molar refractivity (Wildman–Crippen MR) is 255 cm³/mol. The third-order valence-corrected chi connectivity index (χ3v) is 15.3. The zero-order valence-electron chi connectivity index (χ0n) is 44.7. The van der Waals surface area contributed by atoms with E-state index in [0.717, 1.165) is 13.8 Å². The van der Waals surface area contributed by atoms with E-state index >= 15 is 0 Å². The molecule has 0 saturated carbocycles. The van der Waals surface area contributed by atoms with Crippen LogP contribution in [0.1, 0.15) is 13.8 Å². The number of carbonyl (C=O) groups is 2. The average Bonchev–Trinajstić information content (AvgIpc) is 3.53. The molecule has 7 rings (SSSR count). The fraction of sp³-hybridized carbons (Fsp3) is 0.957. The van der Waals surface area contributed by atoms with Gasteiger partial charge in [0.2, 0.25) is 11.8 Å². The lowest BCUT2D eigenvalue weighted by Crippen LogP contribution is -2.70. The van der Waals surface area contributed by atoms with Gasteiger partial charge in [0.05, 0.1) is 46.2 Å². The maximum Gasteiger partial charge on any atom is 0.217 e. The lowest BCUT2D eigenvalue weighted by Gasteiger charge is -2.49. The molecule has 0 spiro atoms. The van der Waals surface area contributed by atoms with Gasteiger partial charge in [-0.2, -0.15) is 0 Å². The van der Waals surface area contributed by atoms with Crippen LogP contribution in [0.4, 0.5) is 0 Å². The van der Waals surface area contributed by atoms with Crippen LogP contribution < -0.4 is 10.6 Å². The topological polar surface area (TPSA) is 603 Å². The summed E-state index contributed by atoms with van der Waals surface area (Å²) >= 11 is 0. The predicted octanol–water partition coefficient (Wildman–Crippen LogP) is -16.0. The summed E-state index contributed by atoms with van der Waals surface area (Å²) in [5.74, 6) is -1.55. The molecule has 38 heteroatoms. The molecule has 0 aromatic rings. The standard InChI is InChI=1S/C46H78N2O36/c1-10(53)47-19-26(60)37(14(5-51)75-40(19)71)82-41-20(48-11(2)54)27(61)38(15(6-52)78-41)83-45-34(68)30(64)24(58)17(80-45)8-74-44-36(70)39(25(59)18(79-44)9-73-43-33(67)29(63)22(56)13(4-50)77-43)84-46-35(69)31(65)23(57)16(81-46)7-72-42-32(66)28(62)21(55)12(3-49)76-42/h12-46,49-52,55-71H,3-9H2,1-2H3,(H,47,53)(H,48,54)/t12-,13-,14-,15-,16-,17-,18-,19-,20-,21-,22-,23-,24-,25-,26-,27-,28+,29+,30+,31+,32+,33+,34+,35+,36+,37-,38-,39+,40-,41+,42+,43+,44+,45+,46-/m1/s1. The van der Waals surface area contributed by atoms with Crippen LogP contribution in [0.2, 0.25) is 0 Å². The third kappa shape index (κ3) is 15.1. The number of amides is 2. The van der Waals surface area contributed by atoms with E-state index in [1.165, 1.54) is 0 Å². The van der Waals surface area contributed by atoms with E-state index in [1.54, 1.807) is 0 Å². The minimum Gasteiger partial charge on any atom is -0.394 e. The van der Waals surface area contributed by atoms with Gasteiger partial charge in [0.15, 0.2) is 44.0 Å². The Morgan fingerprint density at radius 2 is 0.607 bits per heavy atom. The fourth-order valence-corrected chi connectivity index (χ4v) is 10.5. The number of aliphatic hydroxyl groups is 21. The summed E-state index contributed by atoms with van der Waals surface area (Å²) in [6.45, 7) is -4.34. The first-order chi connectivity index (χ1) is 39.7. The van der Waals surface area contributed by atoms with Crippen molar-refractivity contribution in [1.82, 2.24) is 10.6 Å². The molecule has 7 saturated heterocycles. The second-order valence-corrected chi connectivity index (χ2v) is 21.2. The zero-order valence-corrected chi connectivity index (χ0v) is 44.7. The monoisotopic (exact) mass is 1230 g/mol. The maximum atomic E-state index is 12.5. The van der Waals surface area contributed by atoms with Gasteiger partial charge in [-0.05, 0) is 0 Å². The van der Waals surface area contributed by atoms with Gasteiger partial charge in [0, 0.05) is 13.8 Å². The van der Waals surface area contributed by atoms with Crippen LogP contribution in [0.25, 0.3) is 0 Å². The summed E-state index contributed by atoms with van der Waals surface area (Å²) in [6.07, 6.45) is -63.5. The van der Waals surface area contributed by atoms with Crippen molar-refractivity contribution in [3.63, 3.8) is 0 Å². The molecule has 0 unspecified atom stereocenters. The van der Waals surface area contributed by atoms with Gasteiger partial charge in [0.1, 0.15) is 171 Å². The number of rotatable bonds is 21. The summed E-state index contributed by atoms with van der Waals surface area (Å²) in [5.41, 5.74) is 0. The van der Waals surface area contributed by atoms with Crippen LogP contribution in [0.3, 0.4) is 0 Å². The van der Waals surface area contributed by atoms with Crippen LogP contribution in [0.5, 0.6) is 0 Å². The quantitative estimate of drug-likeness (QED) is 0.0507. The van der Waals surface area contributed by atoms with Gasteiger partial charge >= 0.3 is 0 Å². The van der Waals surface area contributed by atoms with E-state index < -0.39 is 273 Å².